The number of nitrogens with zero attached hydrogens (tertiary/aromatic N) is 2. The summed E-state index contributed by atoms with van der Waals surface area (Å²) in [5, 5.41) is 6.40. The Morgan fingerprint density at radius 2 is 2.14 bits per heavy atom. The number of hydrogen-bond donors (Lipinski definition) is 2. The summed E-state index contributed by atoms with van der Waals surface area (Å²) in [6, 6.07) is 3.39. The first-order valence-corrected chi connectivity index (χ1v) is 10.6. The summed E-state index contributed by atoms with van der Waals surface area (Å²) in [4.78, 5) is 30.9. The molecule has 1 aliphatic carbocycles. The first kappa shape index (κ1) is 20.8. The molecule has 0 spiro atoms. The Bertz CT molecular complexity index is 705. The van der Waals surface area contributed by atoms with Gasteiger partial charge in [0, 0.05) is 19.3 Å². The maximum Gasteiger partial charge on any atom is 0.234 e. The lowest BCUT2D eigenvalue weighted by Crippen LogP contribution is -2.45. The lowest BCUT2D eigenvalue weighted by atomic mass is 9.97. The number of likely N-dealkylation sites (tertiary alicyclic amines) is 1. The zero-order chi connectivity index (χ0) is 19.8. The van der Waals surface area contributed by atoms with Gasteiger partial charge in [0.05, 0.1) is 17.5 Å². The van der Waals surface area contributed by atoms with Gasteiger partial charge in [-0.2, -0.15) is 0 Å². The zero-order valence-electron chi connectivity index (χ0n) is 16.3. The molecule has 0 aromatic carbocycles. The highest BCUT2D eigenvalue weighted by atomic mass is 35.5. The number of rotatable bonds is 7. The van der Waals surface area contributed by atoms with Gasteiger partial charge in [0.1, 0.15) is 5.82 Å². The summed E-state index contributed by atoms with van der Waals surface area (Å²) in [7, 11) is 0. The maximum atomic E-state index is 12.5. The van der Waals surface area contributed by atoms with Crippen molar-refractivity contribution in [3.8, 4) is 0 Å². The molecule has 1 aliphatic heterocycles. The third kappa shape index (κ3) is 6.60. The Balaban J connectivity index is 1.39. The molecule has 152 valence electrons. The maximum absolute atomic E-state index is 12.5. The summed E-state index contributed by atoms with van der Waals surface area (Å²) >= 11 is 5.82. The fourth-order valence-corrected chi connectivity index (χ4v) is 3.96. The SMILES string of the molecule is O=C(CN1CCCC(C(=O)Nc2ccc(Cl)cn2)C1)NCCC1=CCCCC1. The lowest BCUT2D eigenvalue weighted by molar-refractivity contribution is -0.125. The van der Waals surface area contributed by atoms with Crippen LogP contribution in [0.1, 0.15) is 44.9 Å². The molecular weight excluding hydrogens is 376 g/mol. The first-order chi connectivity index (χ1) is 13.6. The molecule has 2 N–H and O–H groups in total. The summed E-state index contributed by atoms with van der Waals surface area (Å²) in [5.41, 5.74) is 1.47. The van der Waals surface area contributed by atoms with E-state index in [0.717, 1.165) is 25.8 Å². The summed E-state index contributed by atoms with van der Waals surface area (Å²) in [6.45, 7) is 2.49. The van der Waals surface area contributed by atoms with Crippen molar-refractivity contribution >= 4 is 29.2 Å². The van der Waals surface area contributed by atoms with Crippen molar-refractivity contribution in [1.82, 2.24) is 15.2 Å². The zero-order valence-corrected chi connectivity index (χ0v) is 17.0. The minimum atomic E-state index is -0.133. The highest BCUT2D eigenvalue weighted by molar-refractivity contribution is 6.30. The van der Waals surface area contributed by atoms with E-state index in [0.29, 0.717) is 30.5 Å². The van der Waals surface area contributed by atoms with Crippen molar-refractivity contribution in [3.05, 3.63) is 35.0 Å². The van der Waals surface area contributed by atoms with E-state index in [1.165, 1.54) is 37.5 Å². The van der Waals surface area contributed by atoms with Crippen LogP contribution >= 0.6 is 11.6 Å². The molecule has 0 saturated carbocycles. The van der Waals surface area contributed by atoms with Crippen LogP contribution in [0.5, 0.6) is 0 Å². The van der Waals surface area contributed by atoms with Gasteiger partial charge in [-0.25, -0.2) is 4.98 Å². The topological polar surface area (TPSA) is 74.3 Å². The van der Waals surface area contributed by atoms with Crippen LogP contribution in [-0.4, -0.2) is 47.9 Å². The lowest BCUT2D eigenvalue weighted by Gasteiger charge is -2.31. The first-order valence-electron chi connectivity index (χ1n) is 10.2. The van der Waals surface area contributed by atoms with E-state index < -0.39 is 0 Å². The van der Waals surface area contributed by atoms with Crippen LogP contribution < -0.4 is 10.6 Å². The van der Waals surface area contributed by atoms with E-state index >= 15 is 0 Å². The predicted molar refractivity (Wildman–Crippen MR) is 111 cm³/mol. The molecule has 28 heavy (non-hydrogen) atoms. The van der Waals surface area contributed by atoms with E-state index in [-0.39, 0.29) is 17.7 Å². The third-order valence-electron chi connectivity index (χ3n) is 5.38. The monoisotopic (exact) mass is 404 g/mol. The number of aromatic nitrogens is 1. The molecule has 2 aliphatic rings. The number of pyridine rings is 1. The van der Waals surface area contributed by atoms with Gasteiger partial charge in [-0.15, -0.1) is 0 Å². The van der Waals surface area contributed by atoms with Gasteiger partial charge in [-0.3, -0.25) is 14.5 Å². The predicted octanol–water partition coefficient (Wildman–Crippen LogP) is 3.39. The normalized spacial score (nSPS) is 20.3. The van der Waals surface area contributed by atoms with Crippen LogP contribution in [0.2, 0.25) is 5.02 Å². The van der Waals surface area contributed by atoms with Gasteiger partial charge in [0.15, 0.2) is 0 Å². The fraction of sp³-hybridized carbons (Fsp3) is 0.571. The number of carbonyl (C=O) groups excluding carboxylic acids is 2. The quantitative estimate of drug-likeness (QED) is 0.683. The van der Waals surface area contributed by atoms with Crippen molar-refractivity contribution in [3.63, 3.8) is 0 Å². The highest BCUT2D eigenvalue weighted by Crippen LogP contribution is 2.20. The van der Waals surface area contributed by atoms with Gasteiger partial charge in [-0.1, -0.05) is 23.3 Å². The molecule has 1 unspecified atom stereocenters. The van der Waals surface area contributed by atoms with Crippen molar-refractivity contribution < 1.29 is 9.59 Å². The second-order valence-corrected chi connectivity index (χ2v) is 8.07. The molecule has 0 radical (unpaired) electrons. The average Bonchev–Trinajstić information content (AvgIpc) is 2.71. The Morgan fingerprint density at radius 3 is 2.89 bits per heavy atom. The largest absolute Gasteiger partial charge is 0.355 e. The van der Waals surface area contributed by atoms with Gasteiger partial charge >= 0.3 is 0 Å². The number of hydrogen-bond acceptors (Lipinski definition) is 4. The van der Waals surface area contributed by atoms with Crippen molar-refractivity contribution in [2.75, 3.05) is 31.5 Å². The molecule has 1 fully saturated rings. The van der Waals surface area contributed by atoms with E-state index in [4.69, 9.17) is 11.6 Å². The number of allylic oxidation sites excluding steroid dienone is 1. The van der Waals surface area contributed by atoms with E-state index in [9.17, 15) is 9.59 Å². The van der Waals surface area contributed by atoms with Gasteiger partial charge in [0.2, 0.25) is 11.8 Å². The average molecular weight is 405 g/mol. The summed E-state index contributed by atoms with van der Waals surface area (Å²) in [6.07, 6.45) is 11.4. The molecule has 2 amide bonds. The number of amides is 2. The molecule has 1 aromatic heterocycles. The Hall–Kier alpha value is -1.92. The third-order valence-corrected chi connectivity index (χ3v) is 5.60. The van der Waals surface area contributed by atoms with Crippen molar-refractivity contribution in [2.45, 2.75) is 44.9 Å². The van der Waals surface area contributed by atoms with E-state index in [2.05, 4.69) is 26.6 Å². The van der Waals surface area contributed by atoms with Crippen LogP contribution in [0, 0.1) is 5.92 Å². The second-order valence-electron chi connectivity index (χ2n) is 7.63. The van der Waals surface area contributed by atoms with Crippen molar-refractivity contribution in [2.24, 2.45) is 5.92 Å². The molecule has 1 saturated heterocycles. The number of halogens is 1. The van der Waals surface area contributed by atoms with Crippen LogP contribution in [0.25, 0.3) is 0 Å². The van der Waals surface area contributed by atoms with Gasteiger partial charge in [0.25, 0.3) is 0 Å². The molecule has 3 rings (SSSR count). The van der Waals surface area contributed by atoms with Crippen LogP contribution in [-0.2, 0) is 9.59 Å². The molecule has 1 atom stereocenters. The van der Waals surface area contributed by atoms with Gasteiger partial charge < -0.3 is 10.6 Å². The molecule has 7 heteroatoms. The molecular formula is C21H29ClN4O2. The number of carbonyl (C=O) groups is 2. The standard InChI is InChI=1S/C21H29ClN4O2/c22-18-8-9-19(24-13-18)25-21(28)17-7-4-12-26(14-17)15-20(27)23-11-10-16-5-2-1-3-6-16/h5,8-9,13,17H,1-4,6-7,10-12,14-15H2,(H,23,27)(H,24,25,28). The minimum absolute atomic E-state index is 0.0387. The Kier molecular flexibility index (Phi) is 7.86. The number of anilines is 1. The molecule has 1 aromatic rings. The molecule has 2 heterocycles. The van der Waals surface area contributed by atoms with E-state index in [1.54, 1.807) is 12.1 Å². The highest BCUT2D eigenvalue weighted by Gasteiger charge is 2.27. The molecule has 6 nitrogen and oxygen atoms in total. The second kappa shape index (κ2) is 10.6. The molecule has 0 bridgehead atoms. The van der Waals surface area contributed by atoms with Crippen LogP contribution in [0.4, 0.5) is 5.82 Å². The number of piperidine rings is 1. The summed E-state index contributed by atoms with van der Waals surface area (Å²) in [5.74, 6) is 0.355. The Morgan fingerprint density at radius 1 is 1.25 bits per heavy atom. The summed E-state index contributed by atoms with van der Waals surface area (Å²) < 4.78 is 0. The van der Waals surface area contributed by atoms with Crippen molar-refractivity contribution in [1.29, 1.82) is 0 Å². The van der Waals surface area contributed by atoms with E-state index in [1.807, 2.05) is 0 Å². The van der Waals surface area contributed by atoms with Crippen LogP contribution in [0.15, 0.2) is 30.0 Å². The minimum Gasteiger partial charge on any atom is -0.355 e. The number of nitrogens with one attached hydrogen (secondary N) is 2. The smallest absolute Gasteiger partial charge is 0.234 e. The Labute approximate surface area is 171 Å². The fourth-order valence-electron chi connectivity index (χ4n) is 3.84. The van der Waals surface area contributed by atoms with Crippen LogP contribution in [0.3, 0.4) is 0 Å². The van der Waals surface area contributed by atoms with Gasteiger partial charge in [-0.05, 0) is 63.6 Å².